The zero-order chi connectivity index (χ0) is 14.8. The van der Waals surface area contributed by atoms with Crippen molar-refractivity contribution < 1.29 is 0 Å². The SMILES string of the molecule is CNCC1CCc2nc(-c3ncc(Br)cc3Br)ncc2C1. The number of hydrogen-bond acceptors (Lipinski definition) is 4. The molecule has 0 aromatic carbocycles. The van der Waals surface area contributed by atoms with Gasteiger partial charge in [0.25, 0.3) is 0 Å². The fourth-order valence-corrected chi connectivity index (χ4v) is 3.90. The Balaban J connectivity index is 1.90. The molecule has 1 N–H and O–H groups in total. The normalized spacial score (nSPS) is 17.6. The molecule has 0 saturated heterocycles. The van der Waals surface area contributed by atoms with Gasteiger partial charge in [0.15, 0.2) is 5.82 Å². The first-order valence-electron chi connectivity index (χ1n) is 6.98. The summed E-state index contributed by atoms with van der Waals surface area (Å²) in [5, 5.41) is 3.26. The third-order valence-corrected chi connectivity index (χ3v) is 4.80. The maximum absolute atomic E-state index is 4.73. The van der Waals surface area contributed by atoms with Crippen LogP contribution in [0.2, 0.25) is 0 Å². The molecule has 1 atom stereocenters. The molecule has 2 aromatic heterocycles. The molecule has 2 heterocycles. The number of halogens is 2. The van der Waals surface area contributed by atoms with Gasteiger partial charge >= 0.3 is 0 Å². The summed E-state index contributed by atoms with van der Waals surface area (Å²) in [6.07, 6.45) is 7.00. The van der Waals surface area contributed by atoms with Crippen molar-refractivity contribution in [3.8, 4) is 11.5 Å². The first-order valence-corrected chi connectivity index (χ1v) is 8.56. The van der Waals surface area contributed by atoms with E-state index < -0.39 is 0 Å². The van der Waals surface area contributed by atoms with Gasteiger partial charge in [-0.05, 0) is 82.3 Å². The number of aromatic nitrogens is 3. The summed E-state index contributed by atoms with van der Waals surface area (Å²) in [7, 11) is 2.01. The standard InChI is InChI=1S/C15H16Br2N4/c1-18-6-9-2-3-13-10(4-9)7-20-15(21-13)14-12(17)5-11(16)8-19-14/h5,7-9,18H,2-4,6H2,1H3. The van der Waals surface area contributed by atoms with E-state index in [2.05, 4.69) is 47.1 Å². The Morgan fingerprint density at radius 1 is 1.29 bits per heavy atom. The monoisotopic (exact) mass is 410 g/mol. The average Bonchev–Trinajstić information content (AvgIpc) is 2.47. The molecular formula is C15H16Br2N4. The van der Waals surface area contributed by atoms with Crippen molar-refractivity contribution in [2.24, 2.45) is 5.92 Å². The summed E-state index contributed by atoms with van der Waals surface area (Å²) in [6.45, 7) is 1.06. The largest absolute Gasteiger partial charge is 0.319 e. The fraction of sp³-hybridized carbons (Fsp3) is 0.400. The first-order chi connectivity index (χ1) is 10.2. The molecule has 0 radical (unpaired) electrons. The lowest BCUT2D eigenvalue weighted by Crippen LogP contribution is -2.25. The number of rotatable bonds is 3. The van der Waals surface area contributed by atoms with Gasteiger partial charge in [-0.1, -0.05) is 0 Å². The van der Waals surface area contributed by atoms with E-state index in [-0.39, 0.29) is 0 Å². The van der Waals surface area contributed by atoms with E-state index in [0.29, 0.717) is 11.7 Å². The number of nitrogens with one attached hydrogen (secondary N) is 1. The van der Waals surface area contributed by atoms with Crippen molar-refractivity contribution in [2.75, 3.05) is 13.6 Å². The zero-order valence-corrected chi connectivity index (χ0v) is 14.9. The van der Waals surface area contributed by atoms with E-state index in [1.54, 1.807) is 6.20 Å². The third kappa shape index (κ3) is 3.33. The molecule has 0 bridgehead atoms. The molecule has 1 unspecified atom stereocenters. The maximum Gasteiger partial charge on any atom is 0.179 e. The van der Waals surface area contributed by atoms with Crippen LogP contribution >= 0.6 is 31.9 Å². The fourth-order valence-electron chi connectivity index (χ4n) is 2.74. The second-order valence-electron chi connectivity index (χ2n) is 5.32. The van der Waals surface area contributed by atoms with Crippen LogP contribution in [0, 0.1) is 5.92 Å². The van der Waals surface area contributed by atoms with Crippen LogP contribution in [0.3, 0.4) is 0 Å². The Kier molecular flexibility index (Phi) is 4.66. The number of nitrogens with zero attached hydrogens (tertiary/aromatic N) is 3. The van der Waals surface area contributed by atoms with Crippen molar-refractivity contribution in [3.05, 3.63) is 38.7 Å². The molecular weight excluding hydrogens is 396 g/mol. The van der Waals surface area contributed by atoms with E-state index in [0.717, 1.165) is 34.0 Å². The number of pyridine rings is 1. The molecule has 0 saturated carbocycles. The topological polar surface area (TPSA) is 50.7 Å². The lowest BCUT2D eigenvalue weighted by atomic mass is 9.87. The lowest BCUT2D eigenvalue weighted by Gasteiger charge is -2.23. The van der Waals surface area contributed by atoms with Gasteiger partial charge in [-0.3, -0.25) is 4.98 Å². The molecule has 0 amide bonds. The highest BCUT2D eigenvalue weighted by molar-refractivity contribution is 9.11. The van der Waals surface area contributed by atoms with Gasteiger partial charge < -0.3 is 5.32 Å². The van der Waals surface area contributed by atoms with E-state index in [9.17, 15) is 0 Å². The lowest BCUT2D eigenvalue weighted by molar-refractivity contribution is 0.434. The predicted octanol–water partition coefficient (Wildman–Crippen LogP) is 3.39. The number of hydrogen-bond donors (Lipinski definition) is 1. The molecule has 0 aliphatic heterocycles. The molecule has 1 aliphatic carbocycles. The quantitative estimate of drug-likeness (QED) is 0.840. The summed E-state index contributed by atoms with van der Waals surface area (Å²) < 4.78 is 1.84. The minimum Gasteiger partial charge on any atom is -0.319 e. The molecule has 21 heavy (non-hydrogen) atoms. The van der Waals surface area contributed by atoms with Gasteiger partial charge in [0, 0.05) is 27.0 Å². The van der Waals surface area contributed by atoms with Gasteiger partial charge in [0.2, 0.25) is 0 Å². The van der Waals surface area contributed by atoms with Gasteiger partial charge in [-0.15, -0.1) is 0 Å². The van der Waals surface area contributed by atoms with Crippen molar-refractivity contribution in [1.82, 2.24) is 20.3 Å². The summed E-state index contributed by atoms with van der Waals surface area (Å²) in [6, 6.07) is 1.97. The molecule has 0 spiro atoms. The van der Waals surface area contributed by atoms with Crippen LogP contribution in [0.5, 0.6) is 0 Å². The third-order valence-electron chi connectivity index (χ3n) is 3.76. The van der Waals surface area contributed by atoms with Crippen LogP contribution in [0.1, 0.15) is 17.7 Å². The second-order valence-corrected chi connectivity index (χ2v) is 7.09. The van der Waals surface area contributed by atoms with Crippen LogP contribution in [0.15, 0.2) is 27.4 Å². The van der Waals surface area contributed by atoms with Gasteiger partial charge in [0.1, 0.15) is 5.69 Å². The van der Waals surface area contributed by atoms with E-state index >= 15 is 0 Å². The van der Waals surface area contributed by atoms with Crippen molar-refractivity contribution in [2.45, 2.75) is 19.3 Å². The minimum absolute atomic E-state index is 0.689. The Morgan fingerprint density at radius 2 is 2.14 bits per heavy atom. The summed E-state index contributed by atoms with van der Waals surface area (Å²) >= 11 is 6.94. The highest BCUT2D eigenvalue weighted by atomic mass is 79.9. The second kappa shape index (κ2) is 6.50. The molecule has 0 fully saturated rings. The Hall–Kier alpha value is -0.850. The predicted molar refractivity (Wildman–Crippen MR) is 90.1 cm³/mol. The highest BCUT2D eigenvalue weighted by Gasteiger charge is 2.21. The van der Waals surface area contributed by atoms with E-state index in [1.165, 1.54) is 17.7 Å². The van der Waals surface area contributed by atoms with Crippen LogP contribution in [-0.2, 0) is 12.8 Å². The van der Waals surface area contributed by atoms with E-state index in [4.69, 9.17) is 4.98 Å². The number of fused-ring (bicyclic) bond motifs is 1. The molecule has 1 aliphatic rings. The summed E-state index contributed by atoms with van der Waals surface area (Å²) in [4.78, 5) is 13.6. The van der Waals surface area contributed by atoms with Crippen LogP contribution < -0.4 is 5.32 Å². The van der Waals surface area contributed by atoms with Gasteiger partial charge in [-0.25, -0.2) is 9.97 Å². The highest BCUT2D eigenvalue weighted by Crippen LogP contribution is 2.29. The van der Waals surface area contributed by atoms with Gasteiger partial charge in [-0.2, -0.15) is 0 Å². The van der Waals surface area contributed by atoms with E-state index in [1.807, 2.05) is 19.3 Å². The molecule has 6 heteroatoms. The summed E-state index contributed by atoms with van der Waals surface area (Å²) in [5.41, 5.74) is 3.24. The smallest absolute Gasteiger partial charge is 0.179 e. The van der Waals surface area contributed by atoms with Crippen LogP contribution in [-0.4, -0.2) is 28.5 Å². The zero-order valence-electron chi connectivity index (χ0n) is 11.7. The molecule has 3 rings (SSSR count). The Morgan fingerprint density at radius 3 is 2.90 bits per heavy atom. The minimum atomic E-state index is 0.689. The van der Waals surface area contributed by atoms with Crippen molar-refractivity contribution >= 4 is 31.9 Å². The first kappa shape index (κ1) is 15.1. The Bertz CT molecular complexity index is 660. The molecule has 2 aromatic rings. The molecule has 4 nitrogen and oxygen atoms in total. The van der Waals surface area contributed by atoms with Crippen molar-refractivity contribution in [1.29, 1.82) is 0 Å². The number of aryl methyl sites for hydroxylation is 1. The molecule has 110 valence electrons. The van der Waals surface area contributed by atoms with Crippen molar-refractivity contribution in [3.63, 3.8) is 0 Å². The summed E-state index contributed by atoms with van der Waals surface area (Å²) in [5.74, 6) is 1.38. The van der Waals surface area contributed by atoms with Gasteiger partial charge in [0.05, 0.1) is 0 Å². The Labute approximate surface area is 141 Å². The van der Waals surface area contributed by atoms with Crippen LogP contribution in [0.4, 0.5) is 0 Å². The maximum atomic E-state index is 4.73. The van der Waals surface area contributed by atoms with Crippen LogP contribution in [0.25, 0.3) is 11.5 Å². The average molecular weight is 412 g/mol.